The van der Waals surface area contributed by atoms with Gasteiger partial charge >= 0.3 is 0 Å². The van der Waals surface area contributed by atoms with E-state index in [9.17, 15) is 9.50 Å². The lowest BCUT2D eigenvalue weighted by Crippen LogP contribution is -2.38. The van der Waals surface area contributed by atoms with Crippen LogP contribution < -0.4 is 10.6 Å². The summed E-state index contributed by atoms with van der Waals surface area (Å²) in [7, 11) is 3.88. The van der Waals surface area contributed by atoms with Gasteiger partial charge in [0.2, 0.25) is 5.95 Å². The van der Waals surface area contributed by atoms with Crippen molar-refractivity contribution >= 4 is 11.8 Å². The number of nitrogens with two attached hydrogens (primary N) is 1. The lowest BCUT2D eigenvalue weighted by molar-refractivity contribution is 0.191. The molecule has 1 aliphatic heterocycles. The maximum absolute atomic E-state index is 13.7. The molecule has 0 radical (unpaired) electrons. The van der Waals surface area contributed by atoms with Crippen LogP contribution in [0.2, 0.25) is 0 Å². The van der Waals surface area contributed by atoms with Gasteiger partial charge < -0.3 is 20.6 Å². The summed E-state index contributed by atoms with van der Waals surface area (Å²) >= 11 is 0. The van der Waals surface area contributed by atoms with E-state index < -0.39 is 11.9 Å². The molecule has 100 valence electrons. The zero-order valence-electron chi connectivity index (χ0n) is 10.5. The molecule has 0 spiro atoms. The van der Waals surface area contributed by atoms with Gasteiger partial charge in [0.05, 0.1) is 12.3 Å². The largest absolute Gasteiger partial charge is 0.391 e. The highest BCUT2D eigenvalue weighted by Crippen LogP contribution is 2.26. The van der Waals surface area contributed by atoms with E-state index in [1.807, 2.05) is 19.0 Å². The monoisotopic (exact) mass is 255 g/mol. The van der Waals surface area contributed by atoms with Gasteiger partial charge in [-0.1, -0.05) is 0 Å². The maximum Gasteiger partial charge on any atom is 0.222 e. The molecular weight excluding hydrogens is 237 g/mol. The van der Waals surface area contributed by atoms with Crippen LogP contribution >= 0.6 is 0 Å². The number of aromatic nitrogens is 2. The highest BCUT2D eigenvalue weighted by Gasteiger charge is 2.33. The van der Waals surface area contributed by atoms with E-state index in [1.54, 1.807) is 4.90 Å². The Morgan fingerprint density at radius 3 is 3.00 bits per heavy atom. The molecule has 1 aromatic rings. The lowest BCUT2D eigenvalue weighted by atomic mass is 10.2. The van der Waals surface area contributed by atoms with Crippen LogP contribution in [0.1, 0.15) is 6.42 Å². The summed E-state index contributed by atoms with van der Waals surface area (Å²) in [5.74, 6) is -0.302. The first-order valence-electron chi connectivity index (χ1n) is 5.85. The lowest BCUT2D eigenvalue weighted by Gasteiger charge is -2.27. The average Bonchev–Trinajstić information content (AvgIpc) is 2.62. The minimum Gasteiger partial charge on any atom is -0.391 e. The summed E-state index contributed by atoms with van der Waals surface area (Å²) in [6, 6.07) is 0.0267. The summed E-state index contributed by atoms with van der Waals surface area (Å²) in [5.41, 5.74) is 5.49. The van der Waals surface area contributed by atoms with Crippen molar-refractivity contribution in [3.05, 3.63) is 12.0 Å². The number of likely N-dealkylation sites (N-methyl/N-ethyl adjacent to an activating group) is 1. The molecule has 2 heterocycles. The Morgan fingerprint density at radius 1 is 1.61 bits per heavy atom. The van der Waals surface area contributed by atoms with Crippen LogP contribution in [0.25, 0.3) is 0 Å². The van der Waals surface area contributed by atoms with Crippen LogP contribution in [0.4, 0.5) is 16.2 Å². The van der Waals surface area contributed by atoms with Crippen molar-refractivity contribution in [2.45, 2.75) is 18.6 Å². The second-order valence-electron chi connectivity index (χ2n) is 4.86. The highest BCUT2D eigenvalue weighted by molar-refractivity contribution is 5.45. The molecule has 7 heteroatoms. The molecule has 2 unspecified atom stereocenters. The molecule has 18 heavy (non-hydrogen) atoms. The molecule has 1 fully saturated rings. The number of nitrogens with zero attached hydrogens (tertiary/aromatic N) is 4. The van der Waals surface area contributed by atoms with E-state index in [4.69, 9.17) is 5.73 Å². The first kappa shape index (κ1) is 13.0. The van der Waals surface area contributed by atoms with E-state index in [1.165, 1.54) is 0 Å². The molecule has 1 saturated heterocycles. The quantitative estimate of drug-likeness (QED) is 0.772. The third-order valence-corrected chi connectivity index (χ3v) is 2.98. The number of rotatable bonds is 3. The number of hydrogen-bond donors (Lipinski definition) is 2. The molecule has 2 rings (SSSR count). The van der Waals surface area contributed by atoms with Gasteiger partial charge in [0.1, 0.15) is 0 Å². The van der Waals surface area contributed by atoms with Crippen LogP contribution in [0.3, 0.4) is 0 Å². The Kier molecular flexibility index (Phi) is 3.63. The van der Waals surface area contributed by atoms with Gasteiger partial charge in [0.25, 0.3) is 0 Å². The number of β-amino-alcohol motifs (C(OH)–C–C–N with tert-alkyl or cyclic N) is 1. The van der Waals surface area contributed by atoms with Crippen LogP contribution in [-0.4, -0.2) is 59.3 Å². The number of halogens is 1. The molecule has 0 saturated carbocycles. The zero-order chi connectivity index (χ0) is 13.3. The fourth-order valence-corrected chi connectivity index (χ4v) is 2.32. The van der Waals surface area contributed by atoms with Crippen molar-refractivity contribution in [3.8, 4) is 0 Å². The minimum atomic E-state index is -0.512. The van der Waals surface area contributed by atoms with Crippen molar-refractivity contribution in [1.82, 2.24) is 14.9 Å². The Morgan fingerprint density at radius 2 is 2.33 bits per heavy atom. The number of aliphatic hydroxyl groups excluding tert-OH is 1. The minimum absolute atomic E-state index is 0.0267. The average molecular weight is 255 g/mol. The third kappa shape index (κ3) is 2.68. The summed E-state index contributed by atoms with van der Waals surface area (Å²) in [4.78, 5) is 11.3. The van der Waals surface area contributed by atoms with Gasteiger partial charge in [-0.3, -0.25) is 0 Å². The van der Waals surface area contributed by atoms with Crippen molar-refractivity contribution in [2.75, 3.05) is 37.8 Å². The standard InChI is InChI=1S/C11H18FN5O/c1-16(2)5-7-3-8(18)6-17(7)10-9(12)4-14-11(13)15-10/h4,7-8,18H,3,5-6H2,1-2H3,(H2,13,14,15). The predicted octanol–water partition coefficient (Wildman–Crippen LogP) is -0.301. The topological polar surface area (TPSA) is 78.5 Å². The number of aliphatic hydroxyl groups is 1. The Bertz CT molecular complexity index is 428. The van der Waals surface area contributed by atoms with Gasteiger partial charge in [0.15, 0.2) is 11.6 Å². The molecule has 6 nitrogen and oxygen atoms in total. The van der Waals surface area contributed by atoms with Crippen LogP contribution in [0.5, 0.6) is 0 Å². The maximum atomic E-state index is 13.7. The van der Waals surface area contributed by atoms with Gasteiger partial charge in [0, 0.05) is 19.1 Å². The van der Waals surface area contributed by atoms with Crippen molar-refractivity contribution in [2.24, 2.45) is 0 Å². The Hall–Kier alpha value is -1.47. The predicted molar refractivity (Wildman–Crippen MR) is 66.7 cm³/mol. The zero-order valence-corrected chi connectivity index (χ0v) is 10.5. The van der Waals surface area contributed by atoms with Crippen LogP contribution in [-0.2, 0) is 0 Å². The molecule has 0 aromatic carbocycles. The smallest absolute Gasteiger partial charge is 0.222 e. The van der Waals surface area contributed by atoms with E-state index in [0.29, 0.717) is 13.0 Å². The van der Waals surface area contributed by atoms with Crippen molar-refractivity contribution in [3.63, 3.8) is 0 Å². The van der Waals surface area contributed by atoms with Gasteiger partial charge in [-0.05, 0) is 20.5 Å². The van der Waals surface area contributed by atoms with E-state index in [-0.39, 0.29) is 17.8 Å². The Labute approximate surface area is 105 Å². The molecule has 0 aliphatic carbocycles. The summed E-state index contributed by atoms with van der Waals surface area (Å²) in [6.07, 6.45) is 1.20. The van der Waals surface area contributed by atoms with Gasteiger partial charge in [-0.2, -0.15) is 4.98 Å². The first-order chi connectivity index (χ1) is 8.47. The highest BCUT2D eigenvalue weighted by atomic mass is 19.1. The molecule has 0 amide bonds. The van der Waals surface area contributed by atoms with Crippen molar-refractivity contribution < 1.29 is 9.50 Å². The van der Waals surface area contributed by atoms with E-state index >= 15 is 0 Å². The van der Waals surface area contributed by atoms with Gasteiger partial charge in [-0.15, -0.1) is 0 Å². The number of anilines is 2. The molecule has 2 atom stereocenters. The van der Waals surface area contributed by atoms with Gasteiger partial charge in [-0.25, -0.2) is 9.37 Å². The third-order valence-electron chi connectivity index (χ3n) is 2.98. The van der Waals surface area contributed by atoms with E-state index in [2.05, 4.69) is 9.97 Å². The normalized spacial score (nSPS) is 23.9. The second-order valence-corrected chi connectivity index (χ2v) is 4.86. The second kappa shape index (κ2) is 5.03. The fraction of sp³-hybridized carbons (Fsp3) is 0.636. The van der Waals surface area contributed by atoms with E-state index in [0.717, 1.165) is 12.7 Å². The summed E-state index contributed by atoms with van der Waals surface area (Å²) < 4.78 is 13.7. The molecular formula is C11H18FN5O. The fourth-order valence-electron chi connectivity index (χ4n) is 2.32. The number of nitrogen functional groups attached to an aromatic ring is 1. The summed E-state index contributed by atoms with van der Waals surface area (Å²) in [5, 5.41) is 9.75. The number of hydrogen-bond acceptors (Lipinski definition) is 6. The molecule has 0 bridgehead atoms. The van der Waals surface area contributed by atoms with Crippen molar-refractivity contribution in [1.29, 1.82) is 0 Å². The Balaban J connectivity index is 2.26. The first-order valence-corrected chi connectivity index (χ1v) is 5.85. The SMILES string of the molecule is CN(C)CC1CC(O)CN1c1nc(N)ncc1F. The molecule has 1 aromatic heterocycles. The summed E-state index contributed by atoms with van der Waals surface area (Å²) in [6.45, 7) is 1.09. The molecule has 1 aliphatic rings. The van der Waals surface area contributed by atoms with Crippen LogP contribution in [0.15, 0.2) is 6.20 Å². The van der Waals surface area contributed by atoms with Crippen LogP contribution in [0, 0.1) is 5.82 Å². The molecule has 3 N–H and O–H groups in total.